The van der Waals surface area contributed by atoms with E-state index in [1.165, 1.54) is 12.1 Å². The van der Waals surface area contributed by atoms with Gasteiger partial charge in [-0.2, -0.15) is 5.10 Å². The molecule has 0 bridgehead atoms. The number of hydrogen-bond donors (Lipinski definition) is 3. The first kappa shape index (κ1) is 15.0. The standard InChI is InChI=1S/C15H17N5O3/c1-9-6-12(20(22)23)3-5-13(9)18-15(21)17-11-2-4-14-10(7-11)8-16-19-14/h3,5-6,8,11H,2,4,7H2,1H3,(H,16,19)(H2,17,18,21)/t11-/m0/s1. The van der Waals surface area contributed by atoms with Crippen LogP contribution in [0.1, 0.15) is 23.2 Å². The number of fused-ring (bicyclic) bond motifs is 1. The lowest BCUT2D eigenvalue weighted by molar-refractivity contribution is -0.384. The number of nitro benzene ring substituents is 1. The second-order valence-electron chi connectivity index (χ2n) is 5.67. The Hall–Kier alpha value is -2.90. The highest BCUT2D eigenvalue weighted by atomic mass is 16.6. The van der Waals surface area contributed by atoms with Crippen LogP contribution in [-0.4, -0.2) is 27.2 Å². The number of nitro groups is 1. The number of anilines is 1. The Labute approximate surface area is 132 Å². The topological polar surface area (TPSA) is 113 Å². The van der Waals surface area contributed by atoms with Crippen molar-refractivity contribution in [1.82, 2.24) is 15.5 Å². The molecule has 1 aromatic carbocycles. The Bertz CT molecular complexity index is 755. The molecule has 1 heterocycles. The molecule has 2 amide bonds. The van der Waals surface area contributed by atoms with Crippen LogP contribution in [0.15, 0.2) is 24.4 Å². The number of aromatic amines is 1. The van der Waals surface area contributed by atoms with Crippen molar-refractivity contribution in [3.8, 4) is 0 Å². The summed E-state index contributed by atoms with van der Waals surface area (Å²) in [6.07, 6.45) is 4.25. The number of aromatic nitrogens is 2. The summed E-state index contributed by atoms with van der Waals surface area (Å²) >= 11 is 0. The lowest BCUT2D eigenvalue weighted by Crippen LogP contribution is -2.41. The van der Waals surface area contributed by atoms with E-state index >= 15 is 0 Å². The van der Waals surface area contributed by atoms with Crippen LogP contribution < -0.4 is 10.6 Å². The maximum absolute atomic E-state index is 12.1. The molecule has 1 atom stereocenters. The van der Waals surface area contributed by atoms with E-state index in [-0.39, 0.29) is 17.8 Å². The number of aryl methyl sites for hydroxylation is 2. The summed E-state index contributed by atoms with van der Waals surface area (Å²) < 4.78 is 0. The number of rotatable bonds is 3. The highest BCUT2D eigenvalue weighted by molar-refractivity contribution is 5.90. The van der Waals surface area contributed by atoms with E-state index in [1.807, 2.05) is 0 Å². The first-order valence-electron chi connectivity index (χ1n) is 7.36. The number of benzene rings is 1. The van der Waals surface area contributed by atoms with Crippen molar-refractivity contribution < 1.29 is 9.72 Å². The van der Waals surface area contributed by atoms with Crippen molar-refractivity contribution >= 4 is 17.4 Å². The van der Waals surface area contributed by atoms with Crippen LogP contribution in [0.25, 0.3) is 0 Å². The van der Waals surface area contributed by atoms with Crippen molar-refractivity contribution in [3.05, 3.63) is 51.3 Å². The lowest BCUT2D eigenvalue weighted by atomic mass is 9.94. The molecule has 23 heavy (non-hydrogen) atoms. The number of hydrogen-bond acceptors (Lipinski definition) is 4. The Kier molecular flexibility index (Phi) is 3.96. The number of urea groups is 1. The number of nitrogens with zero attached hydrogens (tertiary/aromatic N) is 2. The maximum Gasteiger partial charge on any atom is 0.319 e. The van der Waals surface area contributed by atoms with Gasteiger partial charge in [0.1, 0.15) is 0 Å². The number of H-pyrrole nitrogens is 1. The molecule has 8 nitrogen and oxygen atoms in total. The van der Waals surface area contributed by atoms with Gasteiger partial charge in [0.15, 0.2) is 0 Å². The minimum atomic E-state index is -0.457. The SMILES string of the molecule is Cc1cc([N+](=O)[O-])ccc1NC(=O)N[C@H]1CCc2[nH]ncc2C1. The van der Waals surface area contributed by atoms with Gasteiger partial charge in [-0.05, 0) is 43.4 Å². The Morgan fingerprint density at radius 3 is 3.04 bits per heavy atom. The lowest BCUT2D eigenvalue weighted by Gasteiger charge is -2.23. The van der Waals surface area contributed by atoms with Crippen molar-refractivity contribution in [2.24, 2.45) is 0 Å². The molecule has 0 fully saturated rings. The van der Waals surface area contributed by atoms with Crippen LogP contribution in [0.4, 0.5) is 16.2 Å². The van der Waals surface area contributed by atoms with E-state index < -0.39 is 4.92 Å². The fourth-order valence-corrected chi connectivity index (χ4v) is 2.78. The molecule has 1 aromatic heterocycles. The first-order valence-corrected chi connectivity index (χ1v) is 7.36. The normalized spacial score (nSPS) is 16.5. The van der Waals surface area contributed by atoms with Gasteiger partial charge >= 0.3 is 6.03 Å². The number of carbonyl (C=O) groups is 1. The molecule has 3 N–H and O–H groups in total. The third-order valence-electron chi connectivity index (χ3n) is 4.02. The molecule has 1 aliphatic carbocycles. The van der Waals surface area contributed by atoms with Crippen molar-refractivity contribution in [1.29, 1.82) is 0 Å². The highest BCUT2D eigenvalue weighted by Crippen LogP contribution is 2.22. The molecule has 2 aromatic rings. The predicted octanol–water partition coefficient (Wildman–Crippen LogP) is 2.31. The Balaban J connectivity index is 1.61. The molecule has 0 spiro atoms. The van der Waals surface area contributed by atoms with Crippen LogP contribution in [0.3, 0.4) is 0 Å². The Morgan fingerprint density at radius 1 is 1.48 bits per heavy atom. The highest BCUT2D eigenvalue weighted by Gasteiger charge is 2.21. The van der Waals surface area contributed by atoms with Crippen LogP contribution in [0, 0.1) is 17.0 Å². The van der Waals surface area contributed by atoms with Gasteiger partial charge in [0.2, 0.25) is 0 Å². The second-order valence-corrected chi connectivity index (χ2v) is 5.67. The summed E-state index contributed by atoms with van der Waals surface area (Å²) in [5.41, 5.74) is 3.49. The minimum Gasteiger partial charge on any atom is -0.335 e. The molecular weight excluding hydrogens is 298 g/mol. The number of nitrogens with one attached hydrogen (secondary N) is 3. The second kappa shape index (κ2) is 6.07. The molecular formula is C15H17N5O3. The average molecular weight is 315 g/mol. The average Bonchev–Trinajstić information content (AvgIpc) is 2.96. The number of non-ortho nitro benzene ring substituents is 1. The van der Waals surface area contributed by atoms with Crippen molar-refractivity contribution in [3.63, 3.8) is 0 Å². The van der Waals surface area contributed by atoms with Gasteiger partial charge < -0.3 is 10.6 Å². The number of amides is 2. The quantitative estimate of drug-likeness (QED) is 0.595. The van der Waals surface area contributed by atoms with Gasteiger partial charge in [0, 0.05) is 29.6 Å². The zero-order chi connectivity index (χ0) is 16.4. The van der Waals surface area contributed by atoms with E-state index in [0.717, 1.165) is 30.5 Å². The molecule has 120 valence electrons. The molecule has 3 rings (SSSR count). The molecule has 0 unspecified atom stereocenters. The summed E-state index contributed by atoms with van der Waals surface area (Å²) in [4.78, 5) is 22.4. The van der Waals surface area contributed by atoms with Gasteiger partial charge in [-0.15, -0.1) is 0 Å². The zero-order valence-electron chi connectivity index (χ0n) is 12.6. The fourth-order valence-electron chi connectivity index (χ4n) is 2.78. The van der Waals surface area contributed by atoms with Crippen LogP contribution in [-0.2, 0) is 12.8 Å². The van der Waals surface area contributed by atoms with Crippen molar-refractivity contribution in [2.45, 2.75) is 32.2 Å². The van der Waals surface area contributed by atoms with Gasteiger partial charge in [0.05, 0.1) is 11.1 Å². The summed E-state index contributed by atoms with van der Waals surface area (Å²) in [7, 11) is 0. The Morgan fingerprint density at radius 2 is 2.30 bits per heavy atom. The predicted molar refractivity (Wildman–Crippen MR) is 84.4 cm³/mol. The minimum absolute atomic E-state index is 0.00762. The van der Waals surface area contributed by atoms with E-state index in [9.17, 15) is 14.9 Å². The molecule has 0 aliphatic heterocycles. The van der Waals surface area contributed by atoms with E-state index in [4.69, 9.17) is 0 Å². The monoisotopic (exact) mass is 315 g/mol. The van der Waals surface area contributed by atoms with Crippen molar-refractivity contribution in [2.75, 3.05) is 5.32 Å². The zero-order valence-corrected chi connectivity index (χ0v) is 12.6. The van der Waals surface area contributed by atoms with Gasteiger partial charge in [-0.25, -0.2) is 4.79 Å². The third kappa shape index (κ3) is 3.31. The van der Waals surface area contributed by atoms with Crippen LogP contribution >= 0.6 is 0 Å². The molecule has 0 saturated carbocycles. The third-order valence-corrected chi connectivity index (χ3v) is 4.02. The van der Waals surface area contributed by atoms with E-state index in [2.05, 4.69) is 20.8 Å². The van der Waals surface area contributed by atoms with Crippen LogP contribution in [0.5, 0.6) is 0 Å². The van der Waals surface area contributed by atoms with Gasteiger partial charge in [-0.3, -0.25) is 15.2 Å². The fraction of sp³-hybridized carbons (Fsp3) is 0.333. The smallest absolute Gasteiger partial charge is 0.319 e. The van der Waals surface area contributed by atoms with Crippen LogP contribution in [0.2, 0.25) is 0 Å². The first-order chi connectivity index (χ1) is 11.0. The van der Waals surface area contributed by atoms with E-state index in [1.54, 1.807) is 19.2 Å². The maximum atomic E-state index is 12.1. The molecule has 0 saturated heterocycles. The summed E-state index contributed by atoms with van der Waals surface area (Å²) in [6.45, 7) is 1.72. The largest absolute Gasteiger partial charge is 0.335 e. The molecule has 0 radical (unpaired) electrons. The number of carbonyl (C=O) groups excluding carboxylic acids is 1. The summed E-state index contributed by atoms with van der Waals surface area (Å²) in [5, 5.41) is 23.4. The van der Waals surface area contributed by atoms with E-state index in [0.29, 0.717) is 11.3 Å². The summed E-state index contributed by atoms with van der Waals surface area (Å²) in [5.74, 6) is 0. The van der Waals surface area contributed by atoms with Gasteiger partial charge in [0.25, 0.3) is 5.69 Å². The molecule has 1 aliphatic rings. The van der Waals surface area contributed by atoms with Gasteiger partial charge in [-0.1, -0.05) is 0 Å². The summed E-state index contributed by atoms with van der Waals surface area (Å²) in [6, 6.07) is 4.11. The molecule has 8 heteroatoms.